The number of anilines is 1. The van der Waals surface area contributed by atoms with Crippen molar-refractivity contribution in [3.05, 3.63) is 59.2 Å². The van der Waals surface area contributed by atoms with E-state index >= 15 is 0 Å². The molecule has 2 aromatic carbocycles. The Balaban J connectivity index is 2.41. The van der Waals surface area contributed by atoms with Crippen LogP contribution < -0.4 is 10.5 Å². The van der Waals surface area contributed by atoms with E-state index in [1.807, 2.05) is 0 Å². The van der Waals surface area contributed by atoms with E-state index in [0.717, 1.165) is 18.2 Å². The number of benzene rings is 2. The highest BCUT2D eigenvalue weighted by molar-refractivity contribution is 7.92. The summed E-state index contributed by atoms with van der Waals surface area (Å²) >= 11 is 0. The molecule has 0 aliphatic heterocycles. The van der Waals surface area contributed by atoms with Gasteiger partial charge in [0.1, 0.15) is 16.5 Å². The molecule has 0 spiro atoms. The summed E-state index contributed by atoms with van der Waals surface area (Å²) in [6.45, 7) is 1.72. The molecule has 4 nitrogen and oxygen atoms in total. The highest BCUT2D eigenvalue weighted by Gasteiger charge is 2.20. The maximum Gasteiger partial charge on any atom is 0.264 e. The summed E-state index contributed by atoms with van der Waals surface area (Å²) in [6, 6.07) is 7.31. The average molecular weight is 312 g/mol. The lowest BCUT2D eigenvalue weighted by Crippen LogP contribution is -2.16. The van der Waals surface area contributed by atoms with Crippen LogP contribution in [0.3, 0.4) is 0 Å². The first-order valence-electron chi connectivity index (χ1n) is 6.11. The molecule has 0 aromatic heterocycles. The van der Waals surface area contributed by atoms with Crippen molar-refractivity contribution in [1.29, 1.82) is 0 Å². The zero-order valence-electron chi connectivity index (χ0n) is 11.2. The number of hydrogen-bond acceptors (Lipinski definition) is 3. The molecule has 0 radical (unpaired) electrons. The molecule has 0 saturated carbocycles. The standard InChI is InChI=1S/C14H14F2N2O2S/c1-9-2-4-11(15)7-13(9)18-21(19,20)14-5-3-10(8-17)6-12(14)16/h2-7,18H,8,17H2,1H3. The van der Waals surface area contributed by atoms with Crippen LogP contribution in [0.4, 0.5) is 14.5 Å². The zero-order valence-corrected chi connectivity index (χ0v) is 12.0. The number of nitrogens with two attached hydrogens (primary N) is 1. The van der Waals surface area contributed by atoms with Crippen LogP contribution >= 0.6 is 0 Å². The lowest BCUT2D eigenvalue weighted by molar-refractivity contribution is 0.569. The smallest absolute Gasteiger partial charge is 0.264 e. The number of aryl methyl sites for hydroxylation is 1. The summed E-state index contributed by atoms with van der Waals surface area (Å²) < 4.78 is 53.6. The van der Waals surface area contributed by atoms with Gasteiger partial charge in [-0.2, -0.15) is 0 Å². The van der Waals surface area contributed by atoms with Crippen LogP contribution in [-0.4, -0.2) is 8.42 Å². The summed E-state index contributed by atoms with van der Waals surface area (Å²) in [7, 11) is -4.14. The molecule has 0 atom stereocenters. The van der Waals surface area contributed by atoms with Gasteiger partial charge in [-0.05, 0) is 42.3 Å². The second kappa shape index (κ2) is 5.79. The van der Waals surface area contributed by atoms with E-state index in [2.05, 4.69) is 4.72 Å². The Bertz CT molecular complexity index is 777. The molecule has 0 unspecified atom stereocenters. The van der Waals surface area contributed by atoms with E-state index in [9.17, 15) is 17.2 Å². The molecular formula is C14H14F2N2O2S. The number of hydrogen-bond donors (Lipinski definition) is 2. The summed E-state index contributed by atoms with van der Waals surface area (Å²) in [6.07, 6.45) is 0. The average Bonchev–Trinajstić information content (AvgIpc) is 2.42. The Morgan fingerprint density at radius 2 is 1.86 bits per heavy atom. The molecule has 7 heteroatoms. The number of nitrogens with one attached hydrogen (secondary N) is 1. The predicted molar refractivity (Wildman–Crippen MR) is 76.2 cm³/mol. The van der Waals surface area contributed by atoms with E-state index in [-0.39, 0.29) is 12.2 Å². The van der Waals surface area contributed by atoms with Gasteiger partial charge in [0.25, 0.3) is 10.0 Å². The van der Waals surface area contributed by atoms with Gasteiger partial charge < -0.3 is 5.73 Å². The SMILES string of the molecule is Cc1ccc(F)cc1NS(=O)(=O)c1ccc(CN)cc1F. The van der Waals surface area contributed by atoms with Gasteiger partial charge in [0.15, 0.2) is 0 Å². The number of sulfonamides is 1. The summed E-state index contributed by atoms with van der Waals surface area (Å²) in [5.74, 6) is -1.49. The number of halogens is 2. The van der Waals surface area contributed by atoms with Crippen molar-refractivity contribution in [2.75, 3.05) is 4.72 Å². The lowest BCUT2D eigenvalue weighted by Gasteiger charge is -2.11. The largest absolute Gasteiger partial charge is 0.326 e. The molecule has 2 aromatic rings. The molecule has 0 amide bonds. The summed E-state index contributed by atoms with van der Waals surface area (Å²) in [5, 5.41) is 0. The Morgan fingerprint density at radius 3 is 2.48 bits per heavy atom. The minimum absolute atomic E-state index is 0.0669. The third-order valence-corrected chi connectivity index (χ3v) is 4.36. The molecule has 0 aliphatic rings. The van der Waals surface area contributed by atoms with E-state index in [1.54, 1.807) is 6.92 Å². The minimum atomic E-state index is -4.14. The van der Waals surface area contributed by atoms with Crippen molar-refractivity contribution >= 4 is 15.7 Å². The maximum atomic E-state index is 13.9. The monoisotopic (exact) mass is 312 g/mol. The van der Waals surface area contributed by atoms with Gasteiger partial charge in [-0.1, -0.05) is 12.1 Å². The van der Waals surface area contributed by atoms with Gasteiger partial charge in [-0.3, -0.25) is 4.72 Å². The normalized spacial score (nSPS) is 11.4. The second-order valence-corrected chi connectivity index (χ2v) is 6.18. The van der Waals surface area contributed by atoms with Gasteiger partial charge in [-0.15, -0.1) is 0 Å². The molecule has 0 saturated heterocycles. The van der Waals surface area contributed by atoms with E-state index in [4.69, 9.17) is 5.73 Å². The molecule has 3 N–H and O–H groups in total. The predicted octanol–water partition coefficient (Wildman–Crippen LogP) is 2.53. The van der Waals surface area contributed by atoms with Crippen LogP contribution in [0.15, 0.2) is 41.3 Å². The Morgan fingerprint density at radius 1 is 1.14 bits per heavy atom. The fourth-order valence-corrected chi connectivity index (χ4v) is 2.98. The Labute approximate surface area is 121 Å². The van der Waals surface area contributed by atoms with Crippen LogP contribution in [0.25, 0.3) is 0 Å². The van der Waals surface area contributed by atoms with Crippen molar-refractivity contribution in [2.45, 2.75) is 18.4 Å². The third kappa shape index (κ3) is 3.37. The van der Waals surface area contributed by atoms with E-state index in [0.29, 0.717) is 11.1 Å². The van der Waals surface area contributed by atoms with Gasteiger partial charge in [-0.25, -0.2) is 17.2 Å². The van der Waals surface area contributed by atoms with Gasteiger partial charge in [0.05, 0.1) is 5.69 Å². The topological polar surface area (TPSA) is 72.2 Å². The highest BCUT2D eigenvalue weighted by atomic mass is 32.2. The second-order valence-electron chi connectivity index (χ2n) is 4.53. The van der Waals surface area contributed by atoms with Crippen molar-refractivity contribution in [3.63, 3.8) is 0 Å². The molecule has 0 fully saturated rings. The number of rotatable bonds is 4. The van der Waals surface area contributed by atoms with Gasteiger partial charge >= 0.3 is 0 Å². The maximum absolute atomic E-state index is 13.9. The third-order valence-electron chi connectivity index (χ3n) is 2.97. The summed E-state index contributed by atoms with van der Waals surface area (Å²) in [4.78, 5) is -0.511. The highest BCUT2D eigenvalue weighted by Crippen LogP contribution is 2.22. The molecule has 2 rings (SSSR count). The van der Waals surface area contributed by atoms with E-state index < -0.39 is 26.6 Å². The molecule has 112 valence electrons. The Kier molecular flexibility index (Phi) is 4.24. The van der Waals surface area contributed by atoms with Crippen LogP contribution in [0.5, 0.6) is 0 Å². The quantitative estimate of drug-likeness (QED) is 0.911. The fourth-order valence-electron chi connectivity index (χ4n) is 1.79. The van der Waals surface area contributed by atoms with Crippen LogP contribution in [0.2, 0.25) is 0 Å². The summed E-state index contributed by atoms with van der Waals surface area (Å²) in [5.41, 5.74) is 6.44. The van der Waals surface area contributed by atoms with Crippen molar-refractivity contribution in [3.8, 4) is 0 Å². The van der Waals surface area contributed by atoms with Crippen LogP contribution in [-0.2, 0) is 16.6 Å². The fraction of sp³-hybridized carbons (Fsp3) is 0.143. The molecule has 0 aliphatic carbocycles. The van der Waals surface area contributed by atoms with Crippen molar-refractivity contribution < 1.29 is 17.2 Å². The lowest BCUT2D eigenvalue weighted by atomic mass is 10.2. The molecule has 0 bridgehead atoms. The molecular weight excluding hydrogens is 298 g/mol. The first-order valence-corrected chi connectivity index (χ1v) is 7.59. The van der Waals surface area contributed by atoms with Gasteiger partial charge in [0.2, 0.25) is 0 Å². The van der Waals surface area contributed by atoms with Crippen LogP contribution in [0, 0.1) is 18.6 Å². The van der Waals surface area contributed by atoms with Crippen LogP contribution in [0.1, 0.15) is 11.1 Å². The van der Waals surface area contributed by atoms with E-state index in [1.165, 1.54) is 18.2 Å². The zero-order chi connectivity index (χ0) is 15.6. The Hall–Kier alpha value is -1.99. The minimum Gasteiger partial charge on any atom is -0.326 e. The molecule has 0 heterocycles. The van der Waals surface area contributed by atoms with Crippen molar-refractivity contribution in [2.24, 2.45) is 5.73 Å². The van der Waals surface area contributed by atoms with Gasteiger partial charge in [0, 0.05) is 6.54 Å². The van der Waals surface area contributed by atoms with Crippen molar-refractivity contribution in [1.82, 2.24) is 0 Å². The first kappa shape index (κ1) is 15.4. The molecule has 21 heavy (non-hydrogen) atoms. The first-order chi connectivity index (χ1) is 9.83.